The number of rotatable bonds is 5. The summed E-state index contributed by atoms with van der Waals surface area (Å²) >= 11 is 6.20. The number of methoxy groups -OCH3 is 1. The zero-order valence-corrected chi connectivity index (χ0v) is 12.1. The first-order chi connectivity index (χ1) is 9.06. The Bertz CT molecular complexity index is 562. The zero-order valence-electron chi connectivity index (χ0n) is 11.3. The maximum absolute atomic E-state index is 6.31. The van der Waals surface area contributed by atoms with Crippen molar-refractivity contribution in [2.75, 3.05) is 13.7 Å². The van der Waals surface area contributed by atoms with Crippen molar-refractivity contribution in [1.29, 1.82) is 0 Å². The normalized spacial score (nSPS) is 12.9. The summed E-state index contributed by atoms with van der Waals surface area (Å²) < 4.78 is 8.63. The van der Waals surface area contributed by atoms with Crippen molar-refractivity contribution in [2.24, 2.45) is 12.8 Å². The third-order valence-corrected chi connectivity index (χ3v) is 3.53. The summed E-state index contributed by atoms with van der Waals surface area (Å²) in [5, 5.41) is 9.00. The molecule has 0 aliphatic heterocycles. The van der Waals surface area contributed by atoms with E-state index in [0.29, 0.717) is 18.2 Å². The summed E-state index contributed by atoms with van der Waals surface area (Å²) in [5.41, 5.74) is 9.06. The van der Waals surface area contributed by atoms with Gasteiger partial charge in [-0.1, -0.05) is 11.6 Å². The Morgan fingerprint density at radius 1 is 1.42 bits per heavy atom. The van der Waals surface area contributed by atoms with E-state index in [0.717, 1.165) is 17.0 Å². The van der Waals surface area contributed by atoms with E-state index in [4.69, 9.17) is 22.1 Å². The van der Waals surface area contributed by atoms with Crippen LogP contribution in [0.1, 0.15) is 23.0 Å². The Labute approximate surface area is 117 Å². The molecule has 0 aliphatic carbocycles. The lowest BCUT2D eigenvalue weighted by Crippen LogP contribution is -2.20. The molecule has 2 aromatic heterocycles. The van der Waals surface area contributed by atoms with Crippen molar-refractivity contribution in [1.82, 2.24) is 19.6 Å². The number of hydrogen-bond donors (Lipinski definition) is 1. The van der Waals surface area contributed by atoms with Gasteiger partial charge in [-0.3, -0.25) is 9.36 Å². The summed E-state index contributed by atoms with van der Waals surface area (Å²) in [4.78, 5) is 0. The topological polar surface area (TPSA) is 70.9 Å². The van der Waals surface area contributed by atoms with Gasteiger partial charge >= 0.3 is 0 Å². The molecule has 0 fully saturated rings. The molecule has 0 saturated carbocycles. The summed E-state index contributed by atoms with van der Waals surface area (Å²) in [7, 11) is 3.53. The number of halogens is 1. The van der Waals surface area contributed by atoms with Crippen LogP contribution in [0, 0.1) is 6.92 Å². The minimum atomic E-state index is -0.347. The first-order valence-corrected chi connectivity index (χ1v) is 6.38. The molecule has 6 nitrogen and oxygen atoms in total. The highest BCUT2D eigenvalue weighted by molar-refractivity contribution is 6.31. The van der Waals surface area contributed by atoms with Crippen molar-refractivity contribution in [2.45, 2.75) is 19.5 Å². The molecular formula is C12H18ClN5O. The van der Waals surface area contributed by atoms with Gasteiger partial charge in [0.15, 0.2) is 0 Å². The van der Waals surface area contributed by atoms with Crippen LogP contribution in [-0.2, 0) is 18.3 Å². The van der Waals surface area contributed by atoms with E-state index >= 15 is 0 Å². The van der Waals surface area contributed by atoms with Gasteiger partial charge in [0.1, 0.15) is 0 Å². The van der Waals surface area contributed by atoms with E-state index in [1.807, 2.05) is 14.0 Å². The quantitative estimate of drug-likeness (QED) is 0.897. The fourth-order valence-electron chi connectivity index (χ4n) is 2.01. The Morgan fingerprint density at radius 2 is 2.16 bits per heavy atom. The molecule has 0 aliphatic rings. The van der Waals surface area contributed by atoms with Gasteiger partial charge < -0.3 is 10.5 Å². The monoisotopic (exact) mass is 283 g/mol. The van der Waals surface area contributed by atoms with Crippen molar-refractivity contribution in [3.8, 4) is 0 Å². The van der Waals surface area contributed by atoms with Crippen molar-refractivity contribution >= 4 is 11.6 Å². The molecule has 0 bridgehead atoms. The van der Waals surface area contributed by atoms with Crippen LogP contribution in [0.4, 0.5) is 0 Å². The molecule has 19 heavy (non-hydrogen) atoms. The first-order valence-electron chi connectivity index (χ1n) is 6.00. The number of aryl methyl sites for hydroxylation is 1. The van der Waals surface area contributed by atoms with Crippen LogP contribution in [0.2, 0.25) is 5.02 Å². The van der Waals surface area contributed by atoms with Crippen LogP contribution in [0.25, 0.3) is 0 Å². The van der Waals surface area contributed by atoms with Crippen LogP contribution in [-0.4, -0.2) is 33.3 Å². The SMILES string of the molecule is COCCn1ncc(Cl)c1C(N)c1cnn(C)c1C. The summed E-state index contributed by atoms with van der Waals surface area (Å²) in [5.74, 6) is 0. The third kappa shape index (κ3) is 2.65. The van der Waals surface area contributed by atoms with E-state index in [9.17, 15) is 0 Å². The molecule has 2 heterocycles. The number of hydrogen-bond acceptors (Lipinski definition) is 4. The Balaban J connectivity index is 2.35. The third-order valence-electron chi connectivity index (χ3n) is 3.24. The second-order valence-electron chi connectivity index (χ2n) is 4.38. The summed E-state index contributed by atoms with van der Waals surface area (Å²) in [6.07, 6.45) is 3.38. The van der Waals surface area contributed by atoms with Gasteiger partial charge in [-0.25, -0.2) is 0 Å². The minimum absolute atomic E-state index is 0.347. The molecule has 1 atom stereocenters. The fourth-order valence-corrected chi connectivity index (χ4v) is 2.26. The summed E-state index contributed by atoms with van der Waals surface area (Å²) in [6, 6.07) is -0.347. The van der Waals surface area contributed by atoms with Gasteiger partial charge in [-0.15, -0.1) is 0 Å². The Kier molecular flexibility index (Phi) is 4.24. The second kappa shape index (κ2) is 5.73. The maximum Gasteiger partial charge on any atom is 0.0837 e. The summed E-state index contributed by atoms with van der Waals surface area (Å²) in [6.45, 7) is 3.15. The highest BCUT2D eigenvalue weighted by atomic mass is 35.5. The molecule has 2 N–H and O–H groups in total. The Morgan fingerprint density at radius 3 is 2.74 bits per heavy atom. The highest BCUT2D eigenvalue weighted by Gasteiger charge is 2.21. The predicted molar refractivity (Wildman–Crippen MR) is 73.1 cm³/mol. The molecular weight excluding hydrogens is 266 g/mol. The highest BCUT2D eigenvalue weighted by Crippen LogP contribution is 2.27. The minimum Gasteiger partial charge on any atom is -0.383 e. The van der Waals surface area contributed by atoms with Crippen LogP contribution < -0.4 is 5.73 Å². The lowest BCUT2D eigenvalue weighted by molar-refractivity contribution is 0.182. The predicted octanol–water partition coefficient (Wildman–Crippen LogP) is 1.27. The molecule has 0 aromatic carbocycles. The fraction of sp³-hybridized carbons (Fsp3) is 0.500. The largest absolute Gasteiger partial charge is 0.383 e. The van der Waals surface area contributed by atoms with Crippen LogP contribution in [0.3, 0.4) is 0 Å². The molecule has 0 amide bonds. The smallest absolute Gasteiger partial charge is 0.0837 e. The molecule has 0 spiro atoms. The first kappa shape index (κ1) is 14.0. The van der Waals surface area contributed by atoms with E-state index in [-0.39, 0.29) is 6.04 Å². The van der Waals surface area contributed by atoms with E-state index in [1.165, 1.54) is 0 Å². The van der Waals surface area contributed by atoms with Crippen LogP contribution in [0.5, 0.6) is 0 Å². The van der Waals surface area contributed by atoms with E-state index < -0.39 is 0 Å². The molecule has 2 rings (SSSR count). The van der Waals surface area contributed by atoms with Gasteiger partial charge in [0.25, 0.3) is 0 Å². The van der Waals surface area contributed by atoms with Crippen LogP contribution in [0.15, 0.2) is 12.4 Å². The number of nitrogens with two attached hydrogens (primary N) is 1. The average Bonchev–Trinajstić information content (AvgIpc) is 2.91. The van der Waals surface area contributed by atoms with Crippen LogP contribution >= 0.6 is 11.6 Å². The van der Waals surface area contributed by atoms with Gasteiger partial charge in [0.2, 0.25) is 0 Å². The second-order valence-corrected chi connectivity index (χ2v) is 4.79. The number of ether oxygens (including phenoxy) is 1. The molecule has 104 valence electrons. The number of nitrogens with zero attached hydrogens (tertiary/aromatic N) is 4. The zero-order chi connectivity index (χ0) is 14.0. The number of aromatic nitrogens is 4. The standard InChI is InChI=1S/C12H18ClN5O/c1-8-9(6-15-17(8)2)11(14)12-10(13)7-16-18(12)4-5-19-3/h6-7,11H,4-5,14H2,1-3H3. The van der Waals surface area contributed by atoms with E-state index in [2.05, 4.69) is 10.2 Å². The molecule has 0 radical (unpaired) electrons. The van der Waals surface area contributed by atoms with Crippen molar-refractivity contribution in [3.63, 3.8) is 0 Å². The molecule has 7 heteroatoms. The van der Waals surface area contributed by atoms with Crippen molar-refractivity contribution < 1.29 is 4.74 Å². The lowest BCUT2D eigenvalue weighted by atomic mass is 10.1. The Hall–Kier alpha value is -1.37. The van der Waals surface area contributed by atoms with Gasteiger partial charge in [0, 0.05) is 25.4 Å². The molecule has 0 saturated heterocycles. The van der Waals surface area contributed by atoms with Crippen molar-refractivity contribution in [3.05, 3.63) is 34.4 Å². The van der Waals surface area contributed by atoms with Gasteiger partial charge in [-0.2, -0.15) is 10.2 Å². The molecule has 1 unspecified atom stereocenters. The lowest BCUT2D eigenvalue weighted by Gasteiger charge is -2.14. The average molecular weight is 284 g/mol. The van der Waals surface area contributed by atoms with Gasteiger partial charge in [-0.05, 0) is 6.92 Å². The maximum atomic E-state index is 6.31. The van der Waals surface area contributed by atoms with Gasteiger partial charge in [0.05, 0.1) is 42.3 Å². The molecule has 2 aromatic rings. The van der Waals surface area contributed by atoms with E-state index in [1.54, 1.807) is 28.9 Å².